The summed E-state index contributed by atoms with van der Waals surface area (Å²) in [5.41, 5.74) is 0.758. The van der Waals surface area contributed by atoms with Crippen molar-refractivity contribution in [3.63, 3.8) is 0 Å². The number of para-hydroxylation sites is 1. The predicted octanol–water partition coefficient (Wildman–Crippen LogP) is 7.01. The van der Waals surface area contributed by atoms with Gasteiger partial charge in [-0.25, -0.2) is 15.0 Å². The summed E-state index contributed by atoms with van der Waals surface area (Å²) in [6.45, 7) is 10.6. The van der Waals surface area contributed by atoms with Gasteiger partial charge >= 0.3 is 0 Å². The fraction of sp³-hybridized carbons (Fsp3) is 0.378. The number of anilines is 1. The van der Waals surface area contributed by atoms with Crippen LogP contribution in [0.15, 0.2) is 96.3 Å². The van der Waals surface area contributed by atoms with Crippen molar-refractivity contribution in [2.45, 2.75) is 75.1 Å². The van der Waals surface area contributed by atoms with E-state index in [1.807, 2.05) is 44.5 Å². The van der Waals surface area contributed by atoms with Gasteiger partial charge in [0.05, 0.1) is 33.5 Å². The number of aromatic nitrogens is 3. The highest BCUT2D eigenvalue weighted by atomic mass is 32.2. The van der Waals surface area contributed by atoms with Crippen molar-refractivity contribution >= 4 is 57.8 Å². The van der Waals surface area contributed by atoms with Gasteiger partial charge in [-0.15, -0.1) is 11.3 Å². The van der Waals surface area contributed by atoms with E-state index in [9.17, 15) is 5.11 Å². The van der Waals surface area contributed by atoms with Crippen LogP contribution in [-0.4, -0.2) is 65.6 Å². The molecule has 6 rings (SSSR count). The standard InChI is InChI=1S/C37H44N4O3S2Si/c1-36(2,3)47(24-16-10-8-11-17-24,25-18-12-9-13-19-25)44-31-27(37(4,5)42)22-29(32(31)43-6)39-33-26(23-38-35(41-33)45-7)34-40-28-20-14-15-21-30(28)46-34/h8-21,23,27,29,31-32,42H,22H2,1-7H3,(H,38,39,41)/t27-,29+,31+,32-/m0/s1. The summed E-state index contributed by atoms with van der Waals surface area (Å²) in [6.07, 6.45) is 3.69. The van der Waals surface area contributed by atoms with Crippen LogP contribution in [0.2, 0.25) is 5.04 Å². The first-order valence-electron chi connectivity index (χ1n) is 16.0. The number of hydrogen-bond acceptors (Lipinski definition) is 9. The summed E-state index contributed by atoms with van der Waals surface area (Å²) in [7, 11) is -1.22. The quantitative estimate of drug-likeness (QED) is 0.0924. The number of hydrogen-bond donors (Lipinski definition) is 2. The van der Waals surface area contributed by atoms with Gasteiger partial charge in [-0.2, -0.15) is 0 Å². The maximum Gasteiger partial charge on any atom is 0.261 e. The van der Waals surface area contributed by atoms with Gasteiger partial charge in [0.25, 0.3) is 8.32 Å². The SMILES string of the molecule is CO[C@@H]1[C@H](O[Si](c2ccccc2)(c2ccccc2)C(C)(C)C)[C@@H](C(C)(C)O)C[C@H]1Nc1nc(SC)ncc1-c1nc2ccccc2s1. The lowest BCUT2D eigenvalue weighted by atomic mass is 9.88. The van der Waals surface area contributed by atoms with Crippen molar-refractivity contribution in [2.75, 3.05) is 18.7 Å². The minimum absolute atomic E-state index is 0.197. The summed E-state index contributed by atoms with van der Waals surface area (Å²) >= 11 is 3.12. The van der Waals surface area contributed by atoms with E-state index in [0.717, 1.165) is 20.8 Å². The molecular formula is C37H44N4O3S2Si. The molecule has 47 heavy (non-hydrogen) atoms. The largest absolute Gasteiger partial charge is 0.401 e. The fourth-order valence-corrected chi connectivity index (χ4v) is 13.1. The van der Waals surface area contributed by atoms with Crippen LogP contribution < -0.4 is 15.7 Å². The summed E-state index contributed by atoms with van der Waals surface area (Å²) in [6, 6.07) is 29.2. The molecule has 4 atom stereocenters. The number of methoxy groups -OCH3 is 1. The van der Waals surface area contributed by atoms with Crippen LogP contribution >= 0.6 is 23.1 Å². The first-order chi connectivity index (χ1) is 22.5. The molecule has 7 nitrogen and oxygen atoms in total. The van der Waals surface area contributed by atoms with Crippen LogP contribution in [-0.2, 0) is 9.16 Å². The van der Waals surface area contributed by atoms with Gasteiger partial charge in [-0.1, -0.05) is 105 Å². The Labute approximate surface area is 287 Å². The van der Waals surface area contributed by atoms with Crippen molar-refractivity contribution in [1.29, 1.82) is 0 Å². The number of ether oxygens (including phenoxy) is 1. The number of fused-ring (bicyclic) bond motifs is 1. The Morgan fingerprint density at radius 3 is 2.04 bits per heavy atom. The molecule has 5 aromatic rings. The lowest BCUT2D eigenvalue weighted by Crippen LogP contribution is -2.69. The van der Waals surface area contributed by atoms with Crippen molar-refractivity contribution < 1.29 is 14.3 Å². The van der Waals surface area contributed by atoms with Gasteiger partial charge in [-0.3, -0.25) is 0 Å². The van der Waals surface area contributed by atoms with Crippen LogP contribution in [0.4, 0.5) is 5.82 Å². The number of nitrogens with zero attached hydrogens (tertiary/aromatic N) is 3. The first-order valence-corrected chi connectivity index (χ1v) is 20.0. The van der Waals surface area contributed by atoms with Crippen LogP contribution in [0, 0.1) is 5.92 Å². The highest BCUT2D eigenvalue weighted by Gasteiger charge is 2.58. The molecule has 0 spiro atoms. The summed E-state index contributed by atoms with van der Waals surface area (Å²) in [4.78, 5) is 14.5. The monoisotopic (exact) mass is 684 g/mol. The molecule has 0 bridgehead atoms. The second-order valence-corrected chi connectivity index (χ2v) is 19.9. The number of benzene rings is 3. The molecule has 246 valence electrons. The normalized spacial score (nSPS) is 20.5. The van der Waals surface area contributed by atoms with E-state index in [1.54, 1.807) is 18.4 Å². The molecule has 1 fully saturated rings. The average Bonchev–Trinajstić information content (AvgIpc) is 3.65. The van der Waals surface area contributed by atoms with Gasteiger partial charge in [0.15, 0.2) is 5.16 Å². The number of rotatable bonds is 10. The number of aliphatic hydroxyl groups is 1. The average molecular weight is 685 g/mol. The zero-order valence-corrected chi connectivity index (χ0v) is 30.7. The van der Waals surface area contributed by atoms with E-state index in [-0.39, 0.29) is 23.1 Å². The molecule has 0 aliphatic heterocycles. The number of thioether (sulfide) groups is 1. The van der Waals surface area contributed by atoms with Crippen LogP contribution in [0.3, 0.4) is 0 Å². The van der Waals surface area contributed by atoms with Gasteiger partial charge in [0.1, 0.15) is 16.9 Å². The molecule has 0 saturated heterocycles. The number of thiazole rings is 1. The van der Waals surface area contributed by atoms with Crippen LogP contribution in [0.1, 0.15) is 41.0 Å². The minimum atomic E-state index is -2.97. The smallest absolute Gasteiger partial charge is 0.261 e. The Morgan fingerprint density at radius 1 is 0.872 bits per heavy atom. The van der Waals surface area contributed by atoms with E-state index in [0.29, 0.717) is 17.4 Å². The lowest BCUT2D eigenvalue weighted by Gasteiger charge is -2.47. The Balaban J connectivity index is 1.44. The van der Waals surface area contributed by atoms with Crippen molar-refractivity contribution in [3.8, 4) is 10.6 Å². The van der Waals surface area contributed by atoms with Crippen molar-refractivity contribution in [1.82, 2.24) is 15.0 Å². The Kier molecular flexibility index (Phi) is 9.64. The summed E-state index contributed by atoms with van der Waals surface area (Å²) in [5.74, 6) is 0.482. The molecule has 0 unspecified atom stereocenters. The van der Waals surface area contributed by atoms with Gasteiger partial charge in [0.2, 0.25) is 0 Å². The molecule has 2 aromatic heterocycles. The minimum Gasteiger partial charge on any atom is -0.401 e. The van der Waals surface area contributed by atoms with E-state index in [1.165, 1.54) is 22.1 Å². The van der Waals surface area contributed by atoms with Crippen molar-refractivity contribution in [2.24, 2.45) is 5.92 Å². The van der Waals surface area contributed by atoms with Gasteiger partial charge in [-0.05, 0) is 54.1 Å². The second-order valence-electron chi connectivity index (χ2n) is 13.8. The summed E-state index contributed by atoms with van der Waals surface area (Å²) in [5, 5.41) is 19.2. The molecule has 0 radical (unpaired) electrons. The lowest BCUT2D eigenvalue weighted by molar-refractivity contribution is -0.0623. The first kappa shape index (κ1) is 33.8. The van der Waals surface area contributed by atoms with E-state index in [4.69, 9.17) is 19.1 Å². The highest BCUT2D eigenvalue weighted by Crippen LogP contribution is 2.45. The van der Waals surface area contributed by atoms with Crippen LogP contribution in [0.5, 0.6) is 0 Å². The van der Waals surface area contributed by atoms with E-state index < -0.39 is 20.0 Å². The van der Waals surface area contributed by atoms with Crippen molar-refractivity contribution in [3.05, 3.63) is 91.1 Å². The number of nitrogens with one attached hydrogen (secondary N) is 1. The molecule has 2 heterocycles. The third kappa shape index (κ3) is 6.51. The fourth-order valence-electron chi connectivity index (χ4n) is 7.07. The molecule has 1 aliphatic rings. The van der Waals surface area contributed by atoms with Gasteiger partial charge < -0.3 is 19.6 Å². The molecule has 0 amide bonds. The molecule has 1 saturated carbocycles. The molecule has 2 N–H and O–H groups in total. The van der Waals surface area contributed by atoms with E-state index in [2.05, 4.69) is 97.8 Å². The maximum atomic E-state index is 11.7. The molecule has 3 aromatic carbocycles. The zero-order chi connectivity index (χ0) is 33.4. The molecule has 10 heteroatoms. The maximum absolute atomic E-state index is 11.7. The van der Waals surface area contributed by atoms with E-state index >= 15 is 0 Å². The van der Waals surface area contributed by atoms with Crippen LogP contribution in [0.25, 0.3) is 20.8 Å². The Morgan fingerprint density at radius 2 is 1.49 bits per heavy atom. The highest BCUT2D eigenvalue weighted by molar-refractivity contribution is 7.98. The Bertz CT molecular complexity index is 1740. The molecule has 1 aliphatic carbocycles. The third-order valence-corrected chi connectivity index (χ3v) is 16.0. The Hall–Kier alpha value is -3.12. The second kappa shape index (κ2) is 13.4. The zero-order valence-electron chi connectivity index (χ0n) is 28.1. The topological polar surface area (TPSA) is 89.4 Å². The predicted molar refractivity (Wildman–Crippen MR) is 198 cm³/mol. The van der Waals surface area contributed by atoms with Gasteiger partial charge in [0, 0.05) is 19.2 Å². The molecular weight excluding hydrogens is 641 g/mol. The summed E-state index contributed by atoms with van der Waals surface area (Å²) < 4.78 is 15.2. The third-order valence-electron chi connectivity index (χ3n) is 9.33.